The van der Waals surface area contributed by atoms with E-state index < -0.39 is 0 Å². The van der Waals surface area contributed by atoms with Gasteiger partial charge in [0, 0.05) is 5.69 Å². The molecule has 144 valence electrons. The summed E-state index contributed by atoms with van der Waals surface area (Å²) in [5.74, 6) is 1.58. The van der Waals surface area contributed by atoms with Crippen molar-refractivity contribution in [2.75, 3.05) is 18.5 Å². The number of aryl methyl sites for hydroxylation is 1. The summed E-state index contributed by atoms with van der Waals surface area (Å²) in [6.07, 6.45) is 0. The van der Waals surface area contributed by atoms with Crippen LogP contribution in [0.3, 0.4) is 0 Å². The molecular formula is C21H26N2O3S. The zero-order valence-corrected chi connectivity index (χ0v) is 17.0. The van der Waals surface area contributed by atoms with Crippen LogP contribution in [-0.2, 0) is 4.79 Å². The van der Waals surface area contributed by atoms with E-state index in [1.807, 2.05) is 56.3 Å². The molecule has 0 atom stereocenters. The number of hydrogen-bond donors (Lipinski definition) is 2. The molecule has 0 aliphatic carbocycles. The largest absolute Gasteiger partial charge is 0.494 e. The van der Waals surface area contributed by atoms with Crippen LogP contribution in [-0.4, -0.2) is 24.2 Å². The lowest BCUT2D eigenvalue weighted by Gasteiger charge is -2.13. The quantitative estimate of drug-likeness (QED) is 0.690. The summed E-state index contributed by atoms with van der Waals surface area (Å²) in [6, 6.07) is 13.2. The molecule has 0 aliphatic heterocycles. The highest BCUT2D eigenvalue weighted by atomic mass is 32.1. The van der Waals surface area contributed by atoms with E-state index in [1.165, 1.54) is 5.56 Å². The molecule has 0 saturated carbocycles. The fraction of sp³-hybridized carbons (Fsp3) is 0.333. The molecule has 0 bridgehead atoms. The van der Waals surface area contributed by atoms with Crippen LogP contribution in [0.1, 0.15) is 37.8 Å². The summed E-state index contributed by atoms with van der Waals surface area (Å²) in [4.78, 5) is 12.0. The minimum atomic E-state index is -0.316. The molecule has 0 aromatic heterocycles. The number of hydrogen-bond acceptors (Lipinski definition) is 4. The second kappa shape index (κ2) is 9.92. The van der Waals surface area contributed by atoms with Crippen molar-refractivity contribution >= 4 is 28.9 Å². The number of nitrogens with one attached hydrogen (secondary N) is 2. The van der Waals surface area contributed by atoms with Crippen molar-refractivity contribution in [1.82, 2.24) is 5.32 Å². The molecule has 1 amide bonds. The van der Waals surface area contributed by atoms with Crippen LogP contribution in [0, 0.1) is 6.92 Å². The van der Waals surface area contributed by atoms with Gasteiger partial charge in [0.15, 0.2) is 11.7 Å². The lowest BCUT2D eigenvalue weighted by molar-refractivity contribution is -0.121. The zero-order chi connectivity index (χ0) is 19.8. The lowest BCUT2D eigenvalue weighted by Crippen LogP contribution is -2.37. The average Bonchev–Trinajstić information content (AvgIpc) is 2.61. The first-order chi connectivity index (χ1) is 12.9. The molecular weight excluding hydrogens is 360 g/mol. The predicted molar refractivity (Wildman–Crippen MR) is 113 cm³/mol. The van der Waals surface area contributed by atoms with E-state index in [0.29, 0.717) is 18.3 Å². The topological polar surface area (TPSA) is 59.6 Å². The van der Waals surface area contributed by atoms with E-state index in [-0.39, 0.29) is 17.6 Å². The van der Waals surface area contributed by atoms with Crippen molar-refractivity contribution in [1.29, 1.82) is 0 Å². The Balaban J connectivity index is 1.81. The zero-order valence-electron chi connectivity index (χ0n) is 16.2. The van der Waals surface area contributed by atoms with E-state index in [9.17, 15) is 4.79 Å². The monoisotopic (exact) mass is 386 g/mol. The van der Waals surface area contributed by atoms with Gasteiger partial charge in [0.2, 0.25) is 0 Å². The van der Waals surface area contributed by atoms with Crippen LogP contribution in [0.15, 0.2) is 42.5 Å². The number of amides is 1. The van der Waals surface area contributed by atoms with Gasteiger partial charge in [0.1, 0.15) is 11.5 Å². The molecule has 2 aromatic carbocycles. The summed E-state index contributed by atoms with van der Waals surface area (Å²) in [5, 5.41) is 5.79. The molecule has 0 heterocycles. The number of carbonyl (C=O) groups is 1. The third-order valence-corrected chi connectivity index (χ3v) is 4.11. The smallest absolute Gasteiger partial charge is 0.264 e. The Morgan fingerprint density at radius 2 is 1.74 bits per heavy atom. The summed E-state index contributed by atoms with van der Waals surface area (Å²) in [6.45, 7) is 8.77. The SMILES string of the molecule is CCOc1ccc(NC(=S)NC(=O)COc2ccc(C(C)C)c(C)c2)cc1. The first kappa shape index (κ1) is 20.7. The molecule has 0 fully saturated rings. The fourth-order valence-electron chi connectivity index (χ4n) is 2.66. The van der Waals surface area contributed by atoms with Crippen molar-refractivity contribution in [2.45, 2.75) is 33.6 Å². The van der Waals surface area contributed by atoms with E-state index in [1.54, 1.807) is 0 Å². The van der Waals surface area contributed by atoms with Gasteiger partial charge in [-0.2, -0.15) is 0 Å². The van der Waals surface area contributed by atoms with E-state index in [2.05, 4.69) is 24.5 Å². The van der Waals surface area contributed by atoms with Gasteiger partial charge in [-0.15, -0.1) is 0 Å². The highest BCUT2D eigenvalue weighted by Crippen LogP contribution is 2.23. The number of ether oxygens (including phenoxy) is 2. The van der Waals surface area contributed by atoms with Gasteiger partial charge in [-0.3, -0.25) is 10.1 Å². The molecule has 0 unspecified atom stereocenters. The Bertz CT molecular complexity index is 789. The second-order valence-corrected chi connectivity index (χ2v) is 6.83. The van der Waals surface area contributed by atoms with Crippen molar-refractivity contribution in [3.63, 3.8) is 0 Å². The van der Waals surface area contributed by atoms with Gasteiger partial charge in [-0.1, -0.05) is 19.9 Å². The molecule has 0 aliphatic rings. The molecule has 2 rings (SSSR count). The van der Waals surface area contributed by atoms with Crippen LogP contribution < -0.4 is 20.1 Å². The van der Waals surface area contributed by atoms with Gasteiger partial charge in [-0.25, -0.2) is 0 Å². The molecule has 0 spiro atoms. The number of rotatable bonds is 7. The second-order valence-electron chi connectivity index (χ2n) is 6.42. The van der Waals surface area contributed by atoms with Crippen molar-refractivity contribution in [3.05, 3.63) is 53.6 Å². The Hall–Kier alpha value is -2.60. The summed E-state index contributed by atoms with van der Waals surface area (Å²) < 4.78 is 10.9. The average molecular weight is 387 g/mol. The van der Waals surface area contributed by atoms with Crippen LogP contribution in [0.2, 0.25) is 0 Å². The van der Waals surface area contributed by atoms with Crippen molar-refractivity contribution < 1.29 is 14.3 Å². The maximum absolute atomic E-state index is 12.0. The Morgan fingerprint density at radius 1 is 1.07 bits per heavy atom. The first-order valence-electron chi connectivity index (χ1n) is 8.96. The van der Waals surface area contributed by atoms with Crippen molar-refractivity contribution in [2.24, 2.45) is 0 Å². The van der Waals surface area contributed by atoms with Crippen LogP contribution in [0.5, 0.6) is 11.5 Å². The summed E-state index contributed by atoms with van der Waals surface area (Å²) >= 11 is 5.16. The predicted octanol–water partition coefficient (Wildman–Crippen LogP) is 4.41. The fourth-order valence-corrected chi connectivity index (χ4v) is 2.89. The van der Waals surface area contributed by atoms with Crippen LogP contribution in [0.4, 0.5) is 5.69 Å². The highest BCUT2D eigenvalue weighted by Gasteiger charge is 2.08. The van der Waals surface area contributed by atoms with E-state index in [4.69, 9.17) is 21.7 Å². The molecule has 2 aromatic rings. The first-order valence-corrected chi connectivity index (χ1v) is 9.37. The van der Waals surface area contributed by atoms with Gasteiger partial charge in [0.25, 0.3) is 5.91 Å². The van der Waals surface area contributed by atoms with E-state index in [0.717, 1.165) is 17.0 Å². The normalized spacial score (nSPS) is 10.4. The third kappa shape index (κ3) is 6.57. The summed E-state index contributed by atoms with van der Waals surface area (Å²) in [7, 11) is 0. The molecule has 0 radical (unpaired) electrons. The van der Waals surface area contributed by atoms with E-state index >= 15 is 0 Å². The molecule has 2 N–H and O–H groups in total. The van der Waals surface area contributed by atoms with Crippen LogP contribution in [0.25, 0.3) is 0 Å². The Morgan fingerprint density at radius 3 is 2.33 bits per heavy atom. The number of anilines is 1. The number of thiocarbonyl (C=S) groups is 1. The van der Waals surface area contributed by atoms with Crippen LogP contribution >= 0.6 is 12.2 Å². The maximum Gasteiger partial charge on any atom is 0.264 e. The Kier molecular flexibility index (Phi) is 7.61. The van der Waals surface area contributed by atoms with Gasteiger partial charge in [-0.05, 0) is 79.5 Å². The van der Waals surface area contributed by atoms with Crippen molar-refractivity contribution in [3.8, 4) is 11.5 Å². The lowest BCUT2D eigenvalue weighted by atomic mass is 9.98. The maximum atomic E-state index is 12.0. The summed E-state index contributed by atoms with van der Waals surface area (Å²) in [5.41, 5.74) is 3.19. The molecule has 5 nitrogen and oxygen atoms in total. The minimum Gasteiger partial charge on any atom is -0.494 e. The highest BCUT2D eigenvalue weighted by molar-refractivity contribution is 7.80. The Labute approximate surface area is 166 Å². The van der Waals surface area contributed by atoms with Gasteiger partial charge < -0.3 is 14.8 Å². The number of carbonyl (C=O) groups excluding carboxylic acids is 1. The van der Waals surface area contributed by atoms with Gasteiger partial charge >= 0.3 is 0 Å². The number of benzene rings is 2. The molecule has 27 heavy (non-hydrogen) atoms. The van der Waals surface area contributed by atoms with Gasteiger partial charge in [0.05, 0.1) is 6.61 Å². The third-order valence-electron chi connectivity index (χ3n) is 3.91. The molecule has 6 heteroatoms. The minimum absolute atomic E-state index is 0.106. The molecule has 0 saturated heterocycles. The standard InChI is InChI=1S/C21H26N2O3S/c1-5-25-17-8-6-16(7-9-17)22-21(27)23-20(24)13-26-18-10-11-19(14(2)3)15(4)12-18/h6-12,14H,5,13H2,1-4H3,(H2,22,23,24,27).